The third-order valence-corrected chi connectivity index (χ3v) is 1.85. The topological polar surface area (TPSA) is 65.3 Å². The van der Waals surface area contributed by atoms with Crippen LogP contribution in [-0.4, -0.2) is 17.0 Å². The van der Waals surface area contributed by atoms with Gasteiger partial charge in [0.1, 0.15) is 6.20 Å². The van der Waals surface area contributed by atoms with Crippen LogP contribution in [0.2, 0.25) is 0 Å². The highest BCUT2D eigenvalue weighted by atomic mass is 19.3. The molecule has 0 aliphatic heterocycles. The molecule has 15 heavy (non-hydrogen) atoms. The summed E-state index contributed by atoms with van der Waals surface area (Å²) in [4.78, 5) is 13.1. The predicted molar refractivity (Wildman–Crippen MR) is 47.1 cm³/mol. The zero-order chi connectivity index (χ0) is 11.6. The first-order valence-electron chi connectivity index (χ1n) is 3.95. The van der Waals surface area contributed by atoms with Gasteiger partial charge in [0.05, 0.1) is 12.7 Å². The van der Waals surface area contributed by atoms with Crippen LogP contribution in [0.1, 0.15) is 17.6 Å². The fraction of sp³-hybridized carbons (Fsp3) is 0.375. The summed E-state index contributed by atoms with van der Waals surface area (Å²) in [6.07, 6.45) is -1.80. The molecule has 0 amide bonds. The molecule has 0 aliphatic rings. The summed E-state index contributed by atoms with van der Waals surface area (Å²) in [6, 6.07) is 0. The summed E-state index contributed by atoms with van der Waals surface area (Å²) in [5, 5.41) is 10.5. The third kappa shape index (κ3) is 2.00. The van der Waals surface area contributed by atoms with Crippen molar-refractivity contribution in [2.75, 3.05) is 7.11 Å². The number of methoxy groups -OCH3 is 1. The second-order valence-electron chi connectivity index (χ2n) is 2.77. The van der Waals surface area contributed by atoms with Crippen LogP contribution < -0.4 is 4.74 Å². The Hall–Kier alpha value is -1.79. The van der Waals surface area contributed by atoms with Crippen molar-refractivity contribution >= 4 is 5.82 Å². The normalized spacial score (nSPS) is 10.5. The molecule has 1 heterocycles. The second-order valence-corrected chi connectivity index (χ2v) is 2.77. The standard InChI is InChI=1S/C8H8F2N2O3/c1-4-3-11-8(12(13)14)6(15-2)5(4)7(9)10/h3,7H,1-2H3. The second kappa shape index (κ2) is 4.16. The minimum atomic E-state index is -2.83. The number of nitro groups is 1. The number of aryl methyl sites for hydroxylation is 1. The van der Waals surface area contributed by atoms with Crippen LogP contribution in [0.3, 0.4) is 0 Å². The zero-order valence-electron chi connectivity index (χ0n) is 8.03. The van der Waals surface area contributed by atoms with Gasteiger partial charge in [-0.25, -0.2) is 8.78 Å². The molecule has 0 saturated carbocycles. The molecule has 0 aromatic carbocycles. The van der Waals surface area contributed by atoms with E-state index < -0.39 is 28.5 Å². The van der Waals surface area contributed by atoms with Crippen molar-refractivity contribution < 1.29 is 18.4 Å². The third-order valence-electron chi connectivity index (χ3n) is 1.85. The average molecular weight is 218 g/mol. The van der Waals surface area contributed by atoms with Crippen LogP contribution in [-0.2, 0) is 0 Å². The molecule has 0 unspecified atom stereocenters. The number of nitrogens with zero attached hydrogens (tertiary/aromatic N) is 2. The molecule has 0 atom stereocenters. The quantitative estimate of drug-likeness (QED) is 0.576. The SMILES string of the molecule is COc1c([N+](=O)[O-])ncc(C)c1C(F)F. The van der Waals surface area contributed by atoms with E-state index in [1.54, 1.807) is 0 Å². The molecule has 5 nitrogen and oxygen atoms in total. The number of alkyl halides is 2. The Kier molecular flexibility index (Phi) is 3.13. The summed E-state index contributed by atoms with van der Waals surface area (Å²) < 4.78 is 29.8. The molecule has 0 spiro atoms. The summed E-state index contributed by atoms with van der Waals surface area (Å²) in [7, 11) is 1.09. The molecule has 0 fully saturated rings. The lowest BCUT2D eigenvalue weighted by Gasteiger charge is -2.08. The molecular formula is C8H8F2N2O3. The molecule has 1 aromatic heterocycles. The maximum Gasteiger partial charge on any atom is 0.406 e. The van der Waals surface area contributed by atoms with Gasteiger partial charge in [-0.05, 0) is 16.8 Å². The first-order valence-corrected chi connectivity index (χ1v) is 3.95. The van der Waals surface area contributed by atoms with E-state index in [1.807, 2.05) is 0 Å². The van der Waals surface area contributed by atoms with E-state index in [0.717, 1.165) is 13.3 Å². The number of hydrogen-bond acceptors (Lipinski definition) is 4. The van der Waals surface area contributed by atoms with Crippen molar-refractivity contribution in [3.8, 4) is 5.75 Å². The lowest BCUT2D eigenvalue weighted by Crippen LogP contribution is -2.03. The van der Waals surface area contributed by atoms with Crippen LogP contribution in [0.5, 0.6) is 5.75 Å². The van der Waals surface area contributed by atoms with Crippen LogP contribution in [0, 0.1) is 17.0 Å². The Balaban J connectivity index is 3.47. The highest BCUT2D eigenvalue weighted by Crippen LogP contribution is 2.36. The van der Waals surface area contributed by atoms with Crippen molar-refractivity contribution in [1.29, 1.82) is 0 Å². The molecular weight excluding hydrogens is 210 g/mol. The largest absolute Gasteiger partial charge is 0.489 e. The van der Waals surface area contributed by atoms with Gasteiger partial charge < -0.3 is 14.9 Å². The number of rotatable bonds is 3. The highest BCUT2D eigenvalue weighted by molar-refractivity contribution is 5.50. The van der Waals surface area contributed by atoms with Gasteiger partial charge >= 0.3 is 5.82 Å². The summed E-state index contributed by atoms with van der Waals surface area (Å²) in [5.74, 6) is -1.17. The molecule has 0 saturated heterocycles. The molecule has 1 aromatic rings. The Morgan fingerprint density at radius 3 is 2.60 bits per heavy atom. The van der Waals surface area contributed by atoms with Crippen LogP contribution in [0.15, 0.2) is 6.20 Å². The van der Waals surface area contributed by atoms with Crippen molar-refractivity contribution in [3.63, 3.8) is 0 Å². The summed E-state index contributed by atoms with van der Waals surface area (Å²) in [6.45, 7) is 1.39. The van der Waals surface area contributed by atoms with Gasteiger partial charge in [0.15, 0.2) is 0 Å². The van der Waals surface area contributed by atoms with Crippen LogP contribution in [0.25, 0.3) is 0 Å². The van der Waals surface area contributed by atoms with E-state index in [-0.39, 0.29) is 5.56 Å². The van der Waals surface area contributed by atoms with Gasteiger partial charge in [-0.1, -0.05) is 0 Å². The van der Waals surface area contributed by atoms with Crippen molar-refractivity contribution in [3.05, 3.63) is 27.4 Å². The van der Waals surface area contributed by atoms with E-state index in [4.69, 9.17) is 0 Å². The first-order chi connectivity index (χ1) is 6.99. The minimum absolute atomic E-state index is 0.160. The number of pyridine rings is 1. The maximum atomic E-state index is 12.6. The molecule has 0 radical (unpaired) electrons. The van der Waals surface area contributed by atoms with Gasteiger partial charge in [0.25, 0.3) is 6.43 Å². The zero-order valence-corrected chi connectivity index (χ0v) is 8.03. The van der Waals surface area contributed by atoms with Gasteiger partial charge in [0, 0.05) is 5.56 Å². The van der Waals surface area contributed by atoms with Gasteiger partial charge in [-0.2, -0.15) is 0 Å². The lowest BCUT2D eigenvalue weighted by atomic mass is 10.1. The highest BCUT2D eigenvalue weighted by Gasteiger charge is 2.27. The molecule has 0 bridgehead atoms. The first kappa shape index (κ1) is 11.3. The van der Waals surface area contributed by atoms with E-state index >= 15 is 0 Å². The minimum Gasteiger partial charge on any atom is -0.489 e. The molecule has 82 valence electrons. The number of aromatic nitrogens is 1. The maximum absolute atomic E-state index is 12.6. The Morgan fingerprint density at radius 2 is 2.20 bits per heavy atom. The predicted octanol–water partition coefficient (Wildman–Crippen LogP) is 2.24. The van der Waals surface area contributed by atoms with Gasteiger partial charge in [-0.3, -0.25) is 0 Å². The smallest absolute Gasteiger partial charge is 0.406 e. The van der Waals surface area contributed by atoms with Crippen LogP contribution in [0.4, 0.5) is 14.6 Å². The molecule has 1 rings (SSSR count). The monoisotopic (exact) mass is 218 g/mol. The summed E-state index contributed by atoms with van der Waals surface area (Å²) >= 11 is 0. The molecule has 0 aliphatic carbocycles. The number of hydrogen-bond donors (Lipinski definition) is 0. The Morgan fingerprint density at radius 1 is 1.60 bits per heavy atom. The fourth-order valence-electron chi connectivity index (χ4n) is 1.19. The molecule has 0 N–H and O–H groups in total. The number of ether oxygens (including phenoxy) is 1. The van der Waals surface area contributed by atoms with Gasteiger partial charge in [-0.15, -0.1) is 0 Å². The lowest BCUT2D eigenvalue weighted by molar-refractivity contribution is -0.390. The van der Waals surface area contributed by atoms with E-state index in [1.165, 1.54) is 6.92 Å². The Bertz CT molecular complexity index is 396. The molecule has 7 heteroatoms. The average Bonchev–Trinajstić information content (AvgIpc) is 2.15. The fourth-order valence-corrected chi connectivity index (χ4v) is 1.19. The van der Waals surface area contributed by atoms with Crippen molar-refractivity contribution in [2.24, 2.45) is 0 Å². The van der Waals surface area contributed by atoms with E-state index in [0.29, 0.717) is 0 Å². The van der Waals surface area contributed by atoms with Crippen molar-refractivity contribution in [1.82, 2.24) is 4.98 Å². The van der Waals surface area contributed by atoms with Gasteiger partial charge in [0.2, 0.25) is 5.75 Å². The van der Waals surface area contributed by atoms with Crippen molar-refractivity contribution in [2.45, 2.75) is 13.3 Å². The Labute approximate surface area is 83.8 Å². The summed E-state index contributed by atoms with van der Waals surface area (Å²) in [5.41, 5.74) is -0.327. The van der Waals surface area contributed by atoms with E-state index in [2.05, 4.69) is 9.72 Å². The van der Waals surface area contributed by atoms with E-state index in [9.17, 15) is 18.9 Å². The van der Waals surface area contributed by atoms with Crippen LogP contribution >= 0.6 is 0 Å². The number of halogens is 2.